The monoisotopic (exact) mass is 339 g/mol. The van der Waals surface area contributed by atoms with E-state index in [9.17, 15) is 4.79 Å². The molecule has 0 aromatic rings. The minimum Gasteiger partial charge on any atom is -0.460 e. The molecule has 23 heavy (non-hydrogen) atoms. The van der Waals surface area contributed by atoms with Crippen LogP contribution in [0.4, 0.5) is 0 Å². The van der Waals surface area contributed by atoms with Crippen LogP contribution in [0.1, 0.15) is 46.5 Å². The molecule has 0 aliphatic carbocycles. The smallest absolute Gasteiger partial charge is 0.323 e. The number of likely N-dealkylation sites (tertiary alicyclic amines) is 1. The fourth-order valence-corrected chi connectivity index (χ4v) is 2.74. The van der Waals surface area contributed by atoms with Crippen LogP contribution in [0.5, 0.6) is 0 Å². The molecule has 0 aromatic carbocycles. The van der Waals surface area contributed by atoms with Gasteiger partial charge in [0.2, 0.25) is 0 Å². The highest BCUT2D eigenvalue weighted by molar-refractivity contribution is 6.25. The van der Waals surface area contributed by atoms with Gasteiger partial charge in [0.15, 0.2) is 0 Å². The van der Waals surface area contributed by atoms with Crippen LogP contribution in [0.2, 0.25) is 0 Å². The lowest BCUT2D eigenvalue weighted by atomic mass is 9.84. The number of halogens is 1. The van der Waals surface area contributed by atoms with E-state index in [2.05, 4.69) is 32.3 Å². The number of hydrogen-bond donors (Lipinski definition) is 0. The van der Waals surface area contributed by atoms with Crippen molar-refractivity contribution in [2.45, 2.75) is 58.6 Å². The molecule has 0 saturated carbocycles. The molecular formula is C19H30ClNO2. The number of allylic oxidation sites excluding steroid dienone is 3. The quantitative estimate of drug-likeness (QED) is 0.383. The molecule has 1 heterocycles. The van der Waals surface area contributed by atoms with Gasteiger partial charge in [-0.05, 0) is 38.3 Å². The van der Waals surface area contributed by atoms with Gasteiger partial charge in [-0.3, -0.25) is 9.69 Å². The van der Waals surface area contributed by atoms with Gasteiger partial charge in [0, 0.05) is 12.0 Å². The lowest BCUT2D eigenvalue weighted by Gasteiger charge is -2.32. The van der Waals surface area contributed by atoms with E-state index in [1.54, 1.807) is 6.08 Å². The highest BCUT2D eigenvalue weighted by Crippen LogP contribution is 2.29. The Morgan fingerprint density at radius 1 is 1.43 bits per heavy atom. The number of nitrogens with zero attached hydrogens (tertiary/aromatic N) is 1. The summed E-state index contributed by atoms with van der Waals surface area (Å²) in [4.78, 5) is 14.5. The van der Waals surface area contributed by atoms with Crippen molar-refractivity contribution in [3.63, 3.8) is 0 Å². The molecule has 0 amide bonds. The molecule has 1 fully saturated rings. The zero-order chi connectivity index (χ0) is 17.5. The van der Waals surface area contributed by atoms with Gasteiger partial charge in [-0.25, -0.2) is 0 Å². The second-order valence-electron chi connectivity index (χ2n) is 7.34. The third-order valence-electron chi connectivity index (χ3n) is 4.22. The van der Waals surface area contributed by atoms with Crippen molar-refractivity contribution in [3.8, 4) is 0 Å². The topological polar surface area (TPSA) is 29.5 Å². The van der Waals surface area contributed by atoms with E-state index in [1.807, 2.05) is 19.2 Å². The molecule has 0 bridgehead atoms. The van der Waals surface area contributed by atoms with Crippen molar-refractivity contribution >= 4 is 17.6 Å². The molecule has 2 atom stereocenters. The minimum absolute atomic E-state index is 0.0955. The van der Waals surface area contributed by atoms with Crippen molar-refractivity contribution < 1.29 is 9.53 Å². The molecule has 0 unspecified atom stereocenters. The van der Waals surface area contributed by atoms with Crippen molar-refractivity contribution in [2.75, 3.05) is 13.6 Å². The fraction of sp³-hybridized carbons (Fsp3) is 0.632. The number of carbonyl (C=O) groups excluding carboxylic acids is 1. The Morgan fingerprint density at radius 3 is 2.65 bits per heavy atom. The van der Waals surface area contributed by atoms with Crippen molar-refractivity contribution in [3.05, 3.63) is 35.9 Å². The fourth-order valence-electron chi connectivity index (χ4n) is 2.65. The number of carbonyl (C=O) groups is 1. The molecule has 1 saturated heterocycles. The second-order valence-corrected chi connectivity index (χ2v) is 7.59. The summed E-state index contributed by atoms with van der Waals surface area (Å²) in [6.07, 6.45) is 8.90. The zero-order valence-electron chi connectivity index (χ0n) is 14.8. The maximum Gasteiger partial charge on any atom is 0.323 e. The first-order valence-corrected chi connectivity index (χ1v) is 8.68. The third-order valence-corrected chi connectivity index (χ3v) is 4.36. The first-order valence-electron chi connectivity index (χ1n) is 8.25. The highest BCUT2D eigenvalue weighted by Gasteiger charge is 2.34. The van der Waals surface area contributed by atoms with Crippen molar-refractivity contribution in [1.29, 1.82) is 0 Å². The van der Waals surface area contributed by atoms with Gasteiger partial charge in [-0.1, -0.05) is 62.8 Å². The number of likely N-dealkylation sites (N-methyl/N-ethyl adjacent to an activating group) is 1. The van der Waals surface area contributed by atoms with Gasteiger partial charge in [0.05, 0.1) is 0 Å². The first kappa shape index (κ1) is 20.0. The van der Waals surface area contributed by atoms with E-state index in [0.717, 1.165) is 31.4 Å². The van der Waals surface area contributed by atoms with E-state index >= 15 is 0 Å². The normalized spacial score (nSPS) is 21.2. The molecule has 0 radical (unpaired) electrons. The maximum absolute atomic E-state index is 12.5. The lowest BCUT2D eigenvalue weighted by Crippen LogP contribution is -2.40. The average molecular weight is 340 g/mol. The van der Waals surface area contributed by atoms with Gasteiger partial charge in [0.1, 0.15) is 12.1 Å². The molecule has 1 aliphatic rings. The van der Waals surface area contributed by atoms with Crippen LogP contribution < -0.4 is 0 Å². The van der Waals surface area contributed by atoms with E-state index in [1.165, 1.54) is 5.54 Å². The molecule has 3 nitrogen and oxygen atoms in total. The number of hydrogen-bond acceptors (Lipinski definition) is 3. The van der Waals surface area contributed by atoms with E-state index in [0.29, 0.717) is 6.42 Å². The van der Waals surface area contributed by atoms with Crippen LogP contribution in [-0.2, 0) is 9.53 Å². The maximum atomic E-state index is 12.5. The summed E-state index contributed by atoms with van der Waals surface area (Å²) < 4.78 is 5.87. The number of esters is 1. The molecular weight excluding hydrogens is 310 g/mol. The predicted octanol–water partition coefficient (Wildman–Crippen LogP) is 4.68. The zero-order valence-corrected chi connectivity index (χ0v) is 15.6. The van der Waals surface area contributed by atoms with Crippen LogP contribution in [0, 0.1) is 5.41 Å². The summed E-state index contributed by atoms with van der Waals surface area (Å²) in [5, 5.41) is 0. The summed E-state index contributed by atoms with van der Waals surface area (Å²) >= 11 is 5.48. The molecule has 1 rings (SSSR count). The molecule has 0 N–H and O–H groups in total. The Kier molecular flexibility index (Phi) is 8.07. The summed E-state index contributed by atoms with van der Waals surface area (Å²) in [5.74, 6) is -0.0988. The summed E-state index contributed by atoms with van der Waals surface area (Å²) in [5.41, 5.74) is 2.41. The van der Waals surface area contributed by atoms with Gasteiger partial charge in [-0.15, -0.1) is 0 Å². The van der Waals surface area contributed by atoms with Crippen LogP contribution in [0.25, 0.3) is 0 Å². The SMILES string of the molecule is C=C(C/C=C/C=C/Cl)C[C@H](OC(=O)[C@@H]1CCCN1C)C(C)(C)C. The average Bonchev–Trinajstić information content (AvgIpc) is 2.88. The highest BCUT2D eigenvalue weighted by atomic mass is 35.5. The van der Waals surface area contributed by atoms with Gasteiger partial charge < -0.3 is 4.74 Å². The number of ether oxygens (including phenoxy) is 1. The molecule has 1 aliphatic heterocycles. The lowest BCUT2D eigenvalue weighted by molar-refractivity contribution is -0.159. The Bertz CT molecular complexity index is 462. The molecule has 0 spiro atoms. The van der Waals surface area contributed by atoms with Gasteiger partial charge in [0.25, 0.3) is 0 Å². The predicted molar refractivity (Wildman–Crippen MR) is 97.5 cm³/mol. The van der Waals surface area contributed by atoms with Crippen LogP contribution in [0.15, 0.2) is 35.9 Å². The Labute approximate surface area is 146 Å². The Morgan fingerprint density at radius 2 is 2.13 bits per heavy atom. The summed E-state index contributed by atoms with van der Waals surface area (Å²) in [6, 6.07) is -0.0955. The standard InChI is InChI=1S/C19H30ClNO2/c1-15(10-7-6-8-12-20)14-17(19(2,3)4)23-18(22)16-11-9-13-21(16)5/h6-8,12,16-17H,1,9-11,13-14H2,2-5H3/b7-6+,12-8+/t16-,17-/m0/s1. The number of rotatable bonds is 7. The van der Waals surface area contributed by atoms with Crippen molar-refractivity contribution in [1.82, 2.24) is 4.90 Å². The van der Waals surface area contributed by atoms with E-state index < -0.39 is 0 Å². The van der Waals surface area contributed by atoms with Gasteiger partial charge in [-0.2, -0.15) is 0 Å². The first-order chi connectivity index (χ1) is 10.8. The minimum atomic E-state index is -0.159. The van der Waals surface area contributed by atoms with E-state index in [4.69, 9.17) is 16.3 Å². The molecule has 130 valence electrons. The summed E-state index contributed by atoms with van der Waals surface area (Å²) in [7, 11) is 1.99. The second kappa shape index (κ2) is 9.29. The largest absolute Gasteiger partial charge is 0.460 e. The molecule has 0 aromatic heterocycles. The third kappa shape index (κ3) is 6.92. The summed E-state index contributed by atoms with van der Waals surface area (Å²) in [6.45, 7) is 11.4. The van der Waals surface area contributed by atoms with Crippen molar-refractivity contribution in [2.24, 2.45) is 5.41 Å². The van der Waals surface area contributed by atoms with Crippen LogP contribution >= 0.6 is 11.6 Å². The Balaban J connectivity index is 2.62. The van der Waals surface area contributed by atoms with E-state index in [-0.39, 0.29) is 23.5 Å². The van der Waals surface area contributed by atoms with Crippen LogP contribution in [0.3, 0.4) is 0 Å². The Hall–Kier alpha value is -1.06. The molecule has 4 heteroatoms. The van der Waals surface area contributed by atoms with Gasteiger partial charge >= 0.3 is 5.97 Å². The van der Waals surface area contributed by atoms with Crippen LogP contribution in [-0.4, -0.2) is 36.6 Å².